The van der Waals surface area contributed by atoms with Gasteiger partial charge in [-0.3, -0.25) is 0 Å². The molecule has 350 valence electrons. The highest BCUT2D eigenvalue weighted by atomic mass is 16.6. The summed E-state index contributed by atoms with van der Waals surface area (Å²) in [5.41, 5.74) is 2.82. The van der Waals surface area contributed by atoms with E-state index in [9.17, 15) is 0 Å². The Morgan fingerprint density at radius 3 is 0.844 bits per heavy atom. The molecule has 5 aliphatic heterocycles. The van der Waals surface area contributed by atoms with Gasteiger partial charge in [0, 0.05) is 14.2 Å². The number of epoxide rings is 5. The number of rotatable bonds is 15. The van der Waals surface area contributed by atoms with Crippen LogP contribution < -0.4 is 14.2 Å². The summed E-state index contributed by atoms with van der Waals surface area (Å²) in [6.07, 6.45) is 3.02. The second-order valence-corrected chi connectivity index (χ2v) is 15.0. The topological polar surface area (TPSA) is 109 Å². The van der Waals surface area contributed by atoms with Gasteiger partial charge < -0.3 is 47.4 Å². The van der Waals surface area contributed by atoms with Crippen molar-refractivity contribution in [1.29, 1.82) is 0 Å². The Hall–Kier alpha value is -4.78. The van der Waals surface area contributed by atoms with Gasteiger partial charge in [-0.05, 0) is 59.9 Å². The first-order chi connectivity index (χ1) is 31.4. The van der Waals surface area contributed by atoms with Crippen LogP contribution in [-0.4, -0.2) is 111 Å². The molecule has 0 spiro atoms. The molecular formula is C54H74O10. The van der Waals surface area contributed by atoms with Crippen LogP contribution in [0.4, 0.5) is 0 Å². The molecule has 5 heterocycles. The summed E-state index contributed by atoms with van der Waals surface area (Å²) in [6, 6.07) is 50.3. The second kappa shape index (κ2) is 34.6. The maximum atomic E-state index is 5.40. The van der Waals surface area contributed by atoms with E-state index < -0.39 is 0 Å². The van der Waals surface area contributed by atoms with Crippen LogP contribution >= 0.6 is 0 Å². The predicted molar refractivity (Wildman–Crippen MR) is 256 cm³/mol. The molecular weight excluding hydrogens is 809 g/mol. The number of benzene rings is 5. The first-order valence-electron chi connectivity index (χ1n) is 22.6. The molecule has 10 rings (SSSR count). The lowest BCUT2D eigenvalue weighted by atomic mass is 10.0. The third-order valence-electron chi connectivity index (χ3n) is 8.97. The minimum absolute atomic E-state index is 0.343. The highest BCUT2D eigenvalue weighted by Gasteiger charge is 2.24. The van der Waals surface area contributed by atoms with Gasteiger partial charge in [0.25, 0.3) is 0 Å². The molecule has 10 heteroatoms. The average molecular weight is 883 g/mol. The van der Waals surface area contributed by atoms with Gasteiger partial charge in [0.05, 0.1) is 46.2 Å². The molecule has 5 atom stereocenters. The summed E-state index contributed by atoms with van der Waals surface area (Å²) >= 11 is 0. The Labute approximate surface area is 384 Å². The normalized spacial score (nSPS) is 19.3. The molecule has 5 aromatic rings. The lowest BCUT2D eigenvalue weighted by Gasteiger charge is -2.01. The Morgan fingerprint density at radius 2 is 0.656 bits per heavy atom. The monoisotopic (exact) mass is 883 g/mol. The number of para-hydroxylation sites is 3. The van der Waals surface area contributed by atoms with Gasteiger partial charge in [0.1, 0.15) is 67.6 Å². The zero-order chi connectivity index (χ0) is 45.9. The largest absolute Gasteiger partial charge is 0.491 e. The van der Waals surface area contributed by atoms with Gasteiger partial charge in [-0.15, -0.1) is 0 Å². The minimum Gasteiger partial charge on any atom is -0.491 e. The maximum absolute atomic E-state index is 5.40. The second-order valence-electron chi connectivity index (χ2n) is 15.0. The molecule has 5 aliphatic rings. The van der Waals surface area contributed by atoms with Crippen LogP contribution in [-0.2, 0) is 39.6 Å². The Bertz CT molecular complexity index is 1610. The van der Waals surface area contributed by atoms with Gasteiger partial charge in [-0.25, -0.2) is 0 Å². The van der Waals surface area contributed by atoms with Crippen molar-refractivity contribution in [3.05, 3.63) is 163 Å². The summed E-state index contributed by atoms with van der Waals surface area (Å²) in [5.74, 6) is 3.42. The smallest absolute Gasteiger partial charge is 0.119 e. The van der Waals surface area contributed by atoms with Crippen molar-refractivity contribution in [3.8, 4) is 17.2 Å². The Kier molecular flexibility index (Phi) is 29.0. The van der Waals surface area contributed by atoms with Gasteiger partial charge >= 0.3 is 0 Å². The molecule has 0 amide bonds. The molecule has 64 heavy (non-hydrogen) atoms. The molecule has 0 N–H and O–H groups in total. The lowest BCUT2D eigenvalue weighted by molar-refractivity contribution is 0.171. The summed E-state index contributed by atoms with van der Waals surface area (Å²) in [5, 5.41) is 0. The van der Waals surface area contributed by atoms with Crippen LogP contribution in [0.25, 0.3) is 0 Å². The summed E-state index contributed by atoms with van der Waals surface area (Å²) in [4.78, 5) is 0. The summed E-state index contributed by atoms with van der Waals surface area (Å²) < 4.78 is 50.4. The lowest BCUT2D eigenvalue weighted by Crippen LogP contribution is -2.03. The number of ether oxygens (including phenoxy) is 10. The number of hydrogen-bond donors (Lipinski definition) is 0. The average Bonchev–Trinajstić information content (AvgIpc) is 4.14. The molecule has 10 nitrogen and oxygen atoms in total. The third kappa shape index (κ3) is 30.3. The van der Waals surface area contributed by atoms with E-state index in [0.29, 0.717) is 56.3 Å². The molecule has 5 aromatic carbocycles. The maximum Gasteiger partial charge on any atom is 0.119 e. The summed E-state index contributed by atoms with van der Waals surface area (Å²) in [7, 11) is 3.36. The SMILES string of the molecule is CC.CC(C)c1ccccc1.CCc1ccccc1.COCC1CO1.COCC1CO1.c1ccc(OCC2CO2)cc1.c1ccc(OCC2CO2)cc1.c1ccc(OCC2CO2)cc1. The van der Waals surface area contributed by atoms with Crippen molar-refractivity contribution in [2.45, 2.75) is 77.5 Å². The van der Waals surface area contributed by atoms with E-state index >= 15 is 0 Å². The molecule has 0 aliphatic carbocycles. The molecule has 5 saturated heterocycles. The van der Waals surface area contributed by atoms with E-state index in [4.69, 9.17) is 47.4 Å². The first-order valence-corrected chi connectivity index (χ1v) is 22.6. The Morgan fingerprint density at radius 1 is 0.406 bits per heavy atom. The van der Waals surface area contributed by atoms with E-state index in [0.717, 1.165) is 69.9 Å². The van der Waals surface area contributed by atoms with Crippen LogP contribution in [0.5, 0.6) is 17.2 Å². The molecule has 0 aromatic heterocycles. The zero-order valence-corrected chi connectivity index (χ0v) is 39.3. The number of methoxy groups -OCH3 is 2. The van der Waals surface area contributed by atoms with Crippen molar-refractivity contribution in [2.24, 2.45) is 0 Å². The van der Waals surface area contributed by atoms with Crippen molar-refractivity contribution >= 4 is 0 Å². The quantitative estimate of drug-likeness (QED) is 0.0943. The van der Waals surface area contributed by atoms with Gasteiger partial charge in [-0.1, -0.05) is 150 Å². The van der Waals surface area contributed by atoms with E-state index in [1.807, 2.05) is 117 Å². The van der Waals surface area contributed by atoms with E-state index in [-0.39, 0.29) is 0 Å². The first kappa shape index (κ1) is 53.6. The molecule has 0 radical (unpaired) electrons. The standard InChI is InChI=1S/3C9H10O2.C9H12.C8H10.2C4H8O2.C2H6/c3*1-2-4-8(5-3-1)10-6-9-7-11-9;1-8(2)9-6-4-3-5-7-9;1-2-8-6-4-3-5-7-8;2*1-5-2-4-3-6-4;1-2/h3*1-5,9H,6-7H2;3-8H,1-2H3;3-7H,2H2,1H3;2*4H,2-3H2,1H3;1-2H3. The third-order valence-corrected chi connectivity index (χ3v) is 8.97. The van der Waals surface area contributed by atoms with Gasteiger partial charge in [-0.2, -0.15) is 0 Å². The van der Waals surface area contributed by atoms with Gasteiger partial charge in [0.2, 0.25) is 0 Å². The van der Waals surface area contributed by atoms with Crippen LogP contribution in [0, 0.1) is 0 Å². The number of hydrogen-bond acceptors (Lipinski definition) is 10. The van der Waals surface area contributed by atoms with Crippen molar-refractivity contribution in [1.82, 2.24) is 0 Å². The fourth-order valence-corrected chi connectivity index (χ4v) is 4.86. The molecule has 0 bridgehead atoms. The van der Waals surface area contributed by atoms with E-state index in [1.165, 1.54) is 11.1 Å². The zero-order valence-electron chi connectivity index (χ0n) is 39.3. The molecule has 5 unspecified atom stereocenters. The van der Waals surface area contributed by atoms with Crippen molar-refractivity contribution in [3.63, 3.8) is 0 Å². The predicted octanol–water partition coefficient (Wildman–Crippen LogP) is 10.5. The van der Waals surface area contributed by atoms with Crippen LogP contribution in [0.15, 0.2) is 152 Å². The summed E-state index contributed by atoms with van der Waals surface area (Å²) in [6.45, 7) is 18.5. The highest BCUT2D eigenvalue weighted by Crippen LogP contribution is 2.16. The van der Waals surface area contributed by atoms with Crippen molar-refractivity contribution in [2.75, 3.05) is 80.3 Å². The van der Waals surface area contributed by atoms with Crippen LogP contribution in [0.3, 0.4) is 0 Å². The fourth-order valence-electron chi connectivity index (χ4n) is 4.86. The highest BCUT2D eigenvalue weighted by molar-refractivity contribution is 5.23. The van der Waals surface area contributed by atoms with E-state index in [2.05, 4.69) is 69.3 Å². The van der Waals surface area contributed by atoms with Crippen LogP contribution in [0.2, 0.25) is 0 Å². The van der Waals surface area contributed by atoms with Crippen molar-refractivity contribution < 1.29 is 47.4 Å². The van der Waals surface area contributed by atoms with E-state index in [1.54, 1.807) is 14.2 Å². The molecule has 0 saturated carbocycles. The number of aryl methyl sites for hydroxylation is 1. The minimum atomic E-state index is 0.343. The Balaban J connectivity index is 0.000000199. The van der Waals surface area contributed by atoms with Gasteiger partial charge in [0.15, 0.2) is 0 Å². The van der Waals surface area contributed by atoms with Crippen LogP contribution in [0.1, 0.15) is 51.7 Å². The fraction of sp³-hybridized carbons (Fsp3) is 0.444. The molecule has 5 fully saturated rings.